The van der Waals surface area contributed by atoms with Gasteiger partial charge in [0.05, 0.1) is 12.1 Å². The van der Waals surface area contributed by atoms with Crippen molar-refractivity contribution in [2.24, 2.45) is 5.41 Å². The number of benzene rings is 1. The fourth-order valence-corrected chi connectivity index (χ4v) is 4.29. The van der Waals surface area contributed by atoms with Gasteiger partial charge in [0.25, 0.3) is 0 Å². The summed E-state index contributed by atoms with van der Waals surface area (Å²) in [5, 5.41) is 8.96. The van der Waals surface area contributed by atoms with Crippen molar-refractivity contribution in [2.75, 3.05) is 6.54 Å². The van der Waals surface area contributed by atoms with Crippen molar-refractivity contribution in [3.05, 3.63) is 52.0 Å². The van der Waals surface area contributed by atoms with Crippen LogP contribution in [0.5, 0.6) is 0 Å². The summed E-state index contributed by atoms with van der Waals surface area (Å²) in [5.41, 5.74) is 8.22. The Labute approximate surface area is 166 Å². The molecule has 1 aliphatic carbocycles. The van der Waals surface area contributed by atoms with E-state index >= 15 is 0 Å². The van der Waals surface area contributed by atoms with Crippen molar-refractivity contribution in [3.63, 3.8) is 0 Å². The van der Waals surface area contributed by atoms with Gasteiger partial charge in [0.2, 0.25) is 5.91 Å². The van der Waals surface area contributed by atoms with Gasteiger partial charge in [-0.05, 0) is 70.7 Å². The normalized spacial score (nSPS) is 15.2. The minimum Gasteiger partial charge on any atom is -0.358 e. The summed E-state index contributed by atoms with van der Waals surface area (Å²) >= 11 is 0. The van der Waals surface area contributed by atoms with Crippen molar-refractivity contribution >= 4 is 16.8 Å². The molecule has 1 aromatic carbocycles. The maximum absolute atomic E-state index is 12.7. The van der Waals surface area contributed by atoms with Crippen LogP contribution in [0.2, 0.25) is 0 Å². The first-order valence-electron chi connectivity index (χ1n) is 10.1. The summed E-state index contributed by atoms with van der Waals surface area (Å²) in [5.74, 6) is 0.0998. The number of aromatic amines is 1. The Morgan fingerprint density at radius 1 is 1.18 bits per heavy atom. The molecule has 28 heavy (non-hydrogen) atoms. The number of carbonyl (C=O) groups excluding carboxylic acids is 1. The Kier molecular flexibility index (Phi) is 4.56. The lowest BCUT2D eigenvalue weighted by atomic mass is 10.0. The van der Waals surface area contributed by atoms with Gasteiger partial charge in [-0.15, -0.1) is 0 Å². The first kappa shape index (κ1) is 18.8. The van der Waals surface area contributed by atoms with Gasteiger partial charge in [-0.3, -0.25) is 9.48 Å². The molecule has 0 radical (unpaired) electrons. The lowest BCUT2D eigenvalue weighted by Crippen LogP contribution is -2.33. The second-order valence-corrected chi connectivity index (χ2v) is 8.77. The number of carbonyl (C=O) groups is 1. The number of aryl methyl sites for hydroxylation is 5. The van der Waals surface area contributed by atoms with Crippen LogP contribution in [-0.4, -0.2) is 27.2 Å². The molecule has 2 N–H and O–H groups in total. The lowest BCUT2D eigenvalue weighted by molar-refractivity contribution is -0.120. The van der Waals surface area contributed by atoms with E-state index in [2.05, 4.69) is 66.0 Å². The minimum absolute atomic E-state index is 0.0998. The Bertz CT molecular complexity index is 1050. The zero-order valence-electron chi connectivity index (χ0n) is 17.6. The van der Waals surface area contributed by atoms with Crippen LogP contribution in [0, 0.1) is 40.0 Å². The van der Waals surface area contributed by atoms with Crippen LogP contribution in [0.3, 0.4) is 0 Å². The third-order valence-electron chi connectivity index (χ3n) is 6.11. The largest absolute Gasteiger partial charge is 0.358 e. The highest BCUT2D eigenvalue weighted by atomic mass is 16.1. The first-order chi connectivity index (χ1) is 13.3. The third-order valence-corrected chi connectivity index (χ3v) is 6.11. The minimum atomic E-state index is 0.0998. The maximum Gasteiger partial charge on any atom is 0.224 e. The molecular formula is C23H30N4O. The number of hydrogen-bond donors (Lipinski definition) is 2. The number of hydrogen-bond acceptors (Lipinski definition) is 2. The van der Waals surface area contributed by atoms with E-state index in [1.165, 1.54) is 22.2 Å². The van der Waals surface area contributed by atoms with E-state index in [-0.39, 0.29) is 11.3 Å². The molecule has 2 heterocycles. The molecule has 3 aromatic rings. The number of aromatic nitrogens is 3. The highest BCUT2D eigenvalue weighted by Crippen LogP contribution is 2.46. The Hall–Kier alpha value is -2.56. The maximum atomic E-state index is 12.7. The first-order valence-corrected chi connectivity index (χ1v) is 10.1. The smallest absolute Gasteiger partial charge is 0.224 e. The molecule has 2 aromatic heterocycles. The molecule has 5 nitrogen and oxygen atoms in total. The summed E-state index contributed by atoms with van der Waals surface area (Å²) in [4.78, 5) is 16.2. The Morgan fingerprint density at radius 3 is 2.57 bits per heavy atom. The van der Waals surface area contributed by atoms with E-state index in [4.69, 9.17) is 0 Å². The van der Waals surface area contributed by atoms with Crippen molar-refractivity contribution < 1.29 is 4.79 Å². The van der Waals surface area contributed by atoms with Gasteiger partial charge in [0.15, 0.2) is 0 Å². The fraction of sp³-hybridized carbons (Fsp3) is 0.478. The van der Waals surface area contributed by atoms with Gasteiger partial charge in [-0.1, -0.05) is 11.6 Å². The highest BCUT2D eigenvalue weighted by molar-refractivity contribution is 5.92. The van der Waals surface area contributed by atoms with Gasteiger partial charge in [0, 0.05) is 40.8 Å². The number of nitrogens with zero attached hydrogens (tertiary/aromatic N) is 2. The second kappa shape index (κ2) is 6.80. The molecular weight excluding hydrogens is 348 g/mol. The van der Waals surface area contributed by atoms with Crippen LogP contribution in [-0.2, 0) is 17.8 Å². The van der Waals surface area contributed by atoms with Gasteiger partial charge in [-0.25, -0.2) is 0 Å². The highest BCUT2D eigenvalue weighted by Gasteiger charge is 2.43. The van der Waals surface area contributed by atoms with E-state index < -0.39 is 0 Å². The number of nitrogens with one attached hydrogen (secondary N) is 2. The quantitative estimate of drug-likeness (QED) is 0.680. The molecule has 0 spiro atoms. The van der Waals surface area contributed by atoms with Crippen LogP contribution in [0.4, 0.5) is 0 Å². The van der Waals surface area contributed by atoms with Crippen LogP contribution < -0.4 is 5.32 Å². The topological polar surface area (TPSA) is 62.7 Å². The molecule has 148 valence electrons. The SMILES string of the molecule is Cc1cc(C)c2[nH]c(C)c(CC(=O)NCC3(Cn4nc(C)cc4C)CC3)c2c1. The van der Waals surface area contributed by atoms with Gasteiger partial charge < -0.3 is 10.3 Å². The summed E-state index contributed by atoms with van der Waals surface area (Å²) in [6, 6.07) is 6.47. The molecule has 0 bridgehead atoms. The Balaban J connectivity index is 1.43. The third kappa shape index (κ3) is 3.58. The predicted octanol–water partition coefficient (Wildman–Crippen LogP) is 4.05. The molecule has 1 amide bonds. The van der Waals surface area contributed by atoms with E-state index in [0.29, 0.717) is 6.42 Å². The second-order valence-electron chi connectivity index (χ2n) is 8.77. The number of H-pyrrole nitrogens is 1. The van der Waals surface area contributed by atoms with E-state index in [1.54, 1.807) is 0 Å². The summed E-state index contributed by atoms with van der Waals surface area (Å²) in [7, 11) is 0. The van der Waals surface area contributed by atoms with Crippen LogP contribution in [0.1, 0.15) is 46.6 Å². The molecule has 5 heteroatoms. The summed E-state index contributed by atoms with van der Waals surface area (Å²) in [6.45, 7) is 12.0. The molecule has 0 atom stereocenters. The molecule has 0 aliphatic heterocycles. The number of amides is 1. The van der Waals surface area contributed by atoms with E-state index in [0.717, 1.165) is 48.4 Å². The van der Waals surface area contributed by atoms with Crippen molar-refractivity contribution in [1.82, 2.24) is 20.1 Å². The molecule has 4 rings (SSSR count). The average molecular weight is 379 g/mol. The van der Waals surface area contributed by atoms with Crippen molar-refractivity contribution in [1.29, 1.82) is 0 Å². The van der Waals surface area contributed by atoms with Crippen LogP contribution in [0.15, 0.2) is 18.2 Å². The molecule has 1 fully saturated rings. The number of fused-ring (bicyclic) bond motifs is 1. The van der Waals surface area contributed by atoms with Gasteiger partial charge in [-0.2, -0.15) is 5.10 Å². The number of rotatable bonds is 6. The molecule has 1 aliphatic rings. The zero-order chi connectivity index (χ0) is 20.1. The molecule has 1 saturated carbocycles. The fourth-order valence-electron chi connectivity index (χ4n) is 4.29. The van der Waals surface area contributed by atoms with Gasteiger partial charge >= 0.3 is 0 Å². The van der Waals surface area contributed by atoms with Crippen LogP contribution in [0.25, 0.3) is 10.9 Å². The van der Waals surface area contributed by atoms with E-state index in [9.17, 15) is 4.79 Å². The van der Waals surface area contributed by atoms with Crippen LogP contribution >= 0.6 is 0 Å². The van der Waals surface area contributed by atoms with E-state index in [1.807, 2.05) is 6.92 Å². The monoisotopic (exact) mass is 378 g/mol. The standard InChI is InChI=1S/C23H30N4O/c1-14-8-15(2)22-20(9-14)19(18(5)25-22)11-21(28)24-12-23(6-7-23)13-27-17(4)10-16(3)26-27/h8-10,25H,6-7,11-13H2,1-5H3,(H,24,28). The predicted molar refractivity (Wildman–Crippen MR) is 113 cm³/mol. The summed E-state index contributed by atoms with van der Waals surface area (Å²) < 4.78 is 2.09. The molecule has 0 saturated heterocycles. The van der Waals surface area contributed by atoms with Crippen molar-refractivity contribution in [2.45, 2.75) is 60.4 Å². The summed E-state index contributed by atoms with van der Waals surface area (Å²) in [6.07, 6.45) is 2.72. The zero-order valence-corrected chi connectivity index (χ0v) is 17.6. The average Bonchev–Trinajstić information content (AvgIpc) is 3.22. The van der Waals surface area contributed by atoms with Gasteiger partial charge in [0.1, 0.15) is 0 Å². The Morgan fingerprint density at radius 2 is 1.93 bits per heavy atom. The molecule has 0 unspecified atom stereocenters. The van der Waals surface area contributed by atoms with Crippen molar-refractivity contribution in [3.8, 4) is 0 Å². The lowest BCUT2D eigenvalue weighted by Gasteiger charge is -2.17.